The van der Waals surface area contributed by atoms with Crippen LogP contribution in [-0.4, -0.2) is 11.9 Å². The molecule has 1 aromatic rings. The summed E-state index contributed by atoms with van der Waals surface area (Å²) in [4.78, 5) is 12.1. The molecule has 18 heavy (non-hydrogen) atoms. The highest BCUT2D eigenvalue weighted by atomic mass is 35.5. The van der Waals surface area contributed by atoms with Gasteiger partial charge >= 0.3 is 0 Å². The molecule has 1 aliphatic carbocycles. The predicted octanol–water partition coefficient (Wildman–Crippen LogP) is 3.66. The highest BCUT2D eigenvalue weighted by Crippen LogP contribution is 2.26. The Morgan fingerprint density at radius 2 is 1.94 bits per heavy atom. The molecule has 3 atom stereocenters. The maximum Gasteiger partial charge on any atom is 0.242 e. The van der Waals surface area contributed by atoms with E-state index in [1.807, 2.05) is 30.3 Å². The molecule has 2 rings (SSSR count). The van der Waals surface area contributed by atoms with Gasteiger partial charge < -0.3 is 5.32 Å². The lowest BCUT2D eigenvalue weighted by Gasteiger charge is -2.30. The average molecular weight is 266 g/mol. The van der Waals surface area contributed by atoms with E-state index in [2.05, 4.69) is 12.2 Å². The van der Waals surface area contributed by atoms with Gasteiger partial charge in [-0.1, -0.05) is 50.1 Å². The van der Waals surface area contributed by atoms with Gasteiger partial charge in [-0.3, -0.25) is 4.79 Å². The number of alkyl halides is 1. The minimum absolute atomic E-state index is 0.0679. The van der Waals surface area contributed by atoms with Crippen molar-refractivity contribution in [2.24, 2.45) is 5.92 Å². The van der Waals surface area contributed by atoms with E-state index in [1.165, 1.54) is 19.3 Å². The molecule has 1 aliphatic rings. The van der Waals surface area contributed by atoms with Crippen molar-refractivity contribution < 1.29 is 4.79 Å². The summed E-state index contributed by atoms with van der Waals surface area (Å²) >= 11 is 6.21. The van der Waals surface area contributed by atoms with Crippen molar-refractivity contribution in [1.29, 1.82) is 0 Å². The standard InChI is InChI=1S/C15H20ClNO/c1-11-7-5-6-10-13(11)17-15(18)14(16)12-8-3-2-4-9-12/h2-4,8-9,11,13-14H,5-7,10H2,1H3,(H,17,18). The Kier molecular flexibility index (Phi) is 4.65. The lowest BCUT2D eigenvalue weighted by molar-refractivity contribution is -0.122. The van der Waals surface area contributed by atoms with Gasteiger partial charge in [0.15, 0.2) is 0 Å². The quantitative estimate of drug-likeness (QED) is 0.831. The van der Waals surface area contributed by atoms with Crippen molar-refractivity contribution in [3.8, 4) is 0 Å². The number of rotatable bonds is 3. The monoisotopic (exact) mass is 265 g/mol. The molecular formula is C15H20ClNO. The number of carbonyl (C=O) groups is 1. The molecule has 2 nitrogen and oxygen atoms in total. The smallest absolute Gasteiger partial charge is 0.242 e. The van der Waals surface area contributed by atoms with Gasteiger partial charge in [-0.25, -0.2) is 0 Å². The molecule has 1 aromatic carbocycles. The van der Waals surface area contributed by atoms with E-state index in [-0.39, 0.29) is 11.9 Å². The van der Waals surface area contributed by atoms with Gasteiger partial charge in [0.05, 0.1) is 0 Å². The van der Waals surface area contributed by atoms with Crippen LogP contribution in [0.15, 0.2) is 30.3 Å². The van der Waals surface area contributed by atoms with E-state index in [9.17, 15) is 4.79 Å². The molecule has 3 unspecified atom stereocenters. The number of carbonyl (C=O) groups excluding carboxylic acids is 1. The van der Waals surface area contributed by atoms with E-state index in [0.717, 1.165) is 12.0 Å². The summed E-state index contributed by atoms with van der Waals surface area (Å²) in [6.07, 6.45) is 4.75. The Morgan fingerprint density at radius 3 is 2.61 bits per heavy atom. The molecule has 0 saturated heterocycles. The van der Waals surface area contributed by atoms with Crippen molar-refractivity contribution in [3.05, 3.63) is 35.9 Å². The fourth-order valence-electron chi connectivity index (χ4n) is 2.56. The van der Waals surface area contributed by atoms with Crippen molar-refractivity contribution in [1.82, 2.24) is 5.32 Å². The maximum absolute atomic E-state index is 12.1. The number of halogens is 1. The van der Waals surface area contributed by atoms with E-state index < -0.39 is 5.38 Å². The van der Waals surface area contributed by atoms with Crippen LogP contribution in [-0.2, 0) is 4.79 Å². The largest absolute Gasteiger partial charge is 0.352 e. The first kappa shape index (κ1) is 13.4. The van der Waals surface area contributed by atoms with Gasteiger partial charge in [-0.2, -0.15) is 0 Å². The molecular weight excluding hydrogens is 246 g/mol. The van der Waals surface area contributed by atoms with Crippen LogP contribution in [0.4, 0.5) is 0 Å². The van der Waals surface area contributed by atoms with E-state index in [4.69, 9.17) is 11.6 Å². The zero-order valence-electron chi connectivity index (χ0n) is 10.7. The molecule has 0 spiro atoms. The van der Waals surface area contributed by atoms with Crippen molar-refractivity contribution in [2.75, 3.05) is 0 Å². The Bertz CT molecular complexity index is 393. The van der Waals surface area contributed by atoms with Crippen LogP contribution in [0.1, 0.15) is 43.5 Å². The average Bonchev–Trinajstić information content (AvgIpc) is 2.41. The first-order chi connectivity index (χ1) is 8.68. The fourth-order valence-corrected chi connectivity index (χ4v) is 2.77. The van der Waals surface area contributed by atoms with Crippen LogP contribution in [0.2, 0.25) is 0 Å². The first-order valence-electron chi connectivity index (χ1n) is 6.68. The molecule has 1 fully saturated rings. The van der Waals surface area contributed by atoms with Gasteiger partial charge in [0.1, 0.15) is 5.38 Å². The van der Waals surface area contributed by atoms with Gasteiger partial charge in [0.2, 0.25) is 5.91 Å². The minimum Gasteiger partial charge on any atom is -0.352 e. The summed E-state index contributed by atoms with van der Waals surface area (Å²) < 4.78 is 0. The zero-order chi connectivity index (χ0) is 13.0. The SMILES string of the molecule is CC1CCCCC1NC(=O)C(Cl)c1ccccc1. The van der Waals surface area contributed by atoms with Crippen molar-refractivity contribution in [3.63, 3.8) is 0 Å². The lowest BCUT2D eigenvalue weighted by Crippen LogP contribution is -2.42. The van der Waals surface area contributed by atoms with Crippen LogP contribution >= 0.6 is 11.6 Å². The Balaban J connectivity index is 1.95. The van der Waals surface area contributed by atoms with Gasteiger partial charge in [-0.15, -0.1) is 11.6 Å². The zero-order valence-corrected chi connectivity index (χ0v) is 11.5. The second-order valence-electron chi connectivity index (χ2n) is 5.15. The highest BCUT2D eigenvalue weighted by Gasteiger charge is 2.26. The molecule has 1 N–H and O–H groups in total. The van der Waals surface area contributed by atoms with Crippen LogP contribution in [0.5, 0.6) is 0 Å². The maximum atomic E-state index is 12.1. The molecule has 0 radical (unpaired) electrons. The lowest BCUT2D eigenvalue weighted by atomic mass is 9.86. The topological polar surface area (TPSA) is 29.1 Å². The van der Waals surface area contributed by atoms with Crippen LogP contribution in [0, 0.1) is 5.92 Å². The number of benzene rings is 1. The molecule has 0 aromatic heterocycles. The summed E-state index contributed by atoms with van der Waals surface area (Å²) in [7, 11) is 0. The third kappa shape index (κ3) is 3.26. The second kappa shape index (κ2) is 6.24. The summed E-state index contributed by atoms with van der Waals surface area (Å²) in [5, 5.41) is 2.51. The van der Waals surface area contributed by atoms with Crippen LogP contribution in [0.25, 0.3) is 0 Å². The van der Waals surface area contributed by atoms with Crippen molar-refractivity contribution in [2.45, 2.75) is 44.0 Å². The molecule has 98 valence electrons. The number of amides is 1. The number of hydrogen-bond donors (Lipinski definition) is 1. The highest BCUT2D eigenvalue weighted by molar-refractivity contribution is 6.30. The first-order valence-corrected chi connectivity index (χ1v) is 7.11. The fraction of sp³-hybridized carbons (Fsp3) is 0.533. The van der Waals surface area contributed by atoms with E-state index in [1.54, 1.807) is 0 Å². The van der Waals surface area contributed by atoms with Gasteiger partial charge in [0, 0.05) is 6.04 Å². The predicted molar refractivity (Wildman–Crippen MR) is 74.6 cm³/mol. The number of nitrogens with one attached hydrogen (secondary N) is 1. The van der Waals surface area contributed by atoms with E-state index >= 15 is 0 Å². The number of hydrogen-bond acceptors (Lipinski definition) is 1. The molecule has 1 amide bonds. The Labute approximate surface area is 114 Å². The Hall–Kier alpha value is -1.02. The molecule has 0 bridgehead atoms. The third-order valence-corrected chi connectivity index (χ3v) is 4.21. The van der Waals surface area contributed by atoms with Crippen molar-refractivity contribution >= 4 is 17.5 Å². The third-order valence-electron chi connectivity index (χ3n) is 3.76. The molecule has 0 aliphatic heterocycles. The normalized spacial score (nSPS) is 25.4. The minimum atomic E-state index is -0.583. The summed E-state index contributed by atoms with van der Waals surface area (Å²) in [6.45, 7) is 2.20. The van der Waals surface area contributed by atoms with E-state index in [0.29, 0.717) is 5.92 Å². The molecule has 1 saturated carbocycles. The Morgan fingerprint density at radius 1 is 1.28 bits per heavy atom. The summed E-state index contributed by atoms with van der Waals surface area (Å²) in [6, 6.07) is 9.80. The summed E-state index contributed by atoms with van der Waals surface area (Å²) in [5.74, 6) is 0.490. The van der Waals surface area contributed by atoms with Gasteiger partial charge in [0.25, 0.3) is 0 Å². The van der Waals surface area contributed by atoms with Crippen LogP contribution in [0.3, 0.4) is 0 Å². The molecule has 3 heteroatoms. The second-order valence-corrected chi connectivity index (χ2v) is 5.59. The van der Waals surface area contributed by atoms with Gasteiger partial charge in [-0.05, 0) is 24.3 Å². The van der Waals surface area contributed by atoms with Crippen LogP contribution < -0.4 is 5.32 Å². The summed E-state index contributed by atoms with van der Waals surface area (Å²) in [5.41, 5.74) is 0.861. The molecule has 0 heterocycles.